The Morgan fingerprint density at radius 3 is 1.48 bits per heavy atom. The van der Waals surface area contributed by atoms with Gasteiger partial charge in [-0.05, 0) is 105 Å². The Kier molecular flexibility index (Phi) is 10.1. The molecule has 0 saturated carbocycles. The summed E-state index contributed by atoms with van der Waals surface area (Å²) >= 11 is 0. The first kappa shape index (κ1) is 33.2. The molecule has 2 amide bonds. The summed E-state index contributed by atoms with van der Waals surface area (Å²) in [5, 5.41) is 9.68. The molecule has 0 aliphatic carbocycles. The van der Waals surface area contributed by atoms with Crippen LogP contribution in [-0.4, -0.2) is 41.6 Å². The van der Waals surface area contributed by atoms with Gasteiger partial charge in [0.2, 0.25) is 11.8 Å². The van der Waals surface area contributed by atoms with Crippen molar-refractivity contribution in [3.8, 4) is 5.75 Å². The lowest BCUT2D eigenvalue weighted by Gasteiger charge is -2.24. The number of nitrogens with zero attached hydrogens (tertiary/aromatic N) is 2. The third-order valence-electron chi connectivity index (χ3n) is 6.81. The van der Waals surface area contributed by atoms with Crippen LogP contribution in [0, 0.1) is 0 Å². The van der Waals surface area contributed by atoms with Gasteiger partial charge in [-0.2, -0.15) is 0 Å². The second-order valence-corrected chi connectivity index (χ2v) is 11.5. The third kappa shape index (κ3) is 8.06. The summed E-state index contributed by atoms with van der Waals surface area (Å²) < 4.78 is 10.5. The Balaban J connectivity index is 1.54. The molecule has 9 nitrogen and oxygen atoms in total. The predicted molar refractivity (Wildman–Crippen MR) is 179 cm³/mol. The number of carbonyl (C=O) groups excluding carboxylic acids is 3. The minimum Gasteiger partial charge on any atom is -0.487 e. The van der Waals surface area contributed by atoms with E-state index in [9.17, 15) is 24.3 Å². The first-order chi connectivity index (χ1) is 21.8. The van der Waals surface area contributed by atoms with Gasteiger partial charge in [-0.15, -0.1) is 0 Å². The van der Waals surface area contributed by atoms with E-state index >= 15 is 0 Å². The number of amides is 2. The SMILES string of the molecule is COC(=O)c1ccc(N(C(C)=O)c2ccc(N(C(C)=O)c3ccc(/C=C/c4ccc(OC(C)(C)C)c(C(=O)O)c4)cc3)cc2)cc1. The molecule has 0 aliphatic rings. The van der Waals surface area contributed by atoms with E-state index in [2.05, 4.69) is 0 Å². The molecule has 4 rings (SSSR count). The largest absolute Gasteiger partial charge is 0.487 e. The molecule has 4 aromatic rings. The van der Waals surface area contributed by atoms with Gasteiger partial charge in [0.1, 0.15) is 16.9 Å². The molecule has 0 saturated heterocycles. The molecule has 46 heavy (non-hydrogen) atoms. The van der Waals surface area contributed by atoms with E-state index in [1.807, 2.05) is 57.2 Å². The average Bonchev–Trinajstić information content (AvgIpc) is 3.01. The van der Waals surface area contributed by atoms with E-state index in [-0.39, 0.29) is 17.4 Å². The smallest absolute Gasteiger partial charge is 0.339 e. The number of carboxylic acid groups (broad SMARTS) is 1. The van der Waals surface area contributed by atoms with Crippen molar-refractivity contribution in [3.05, 3.63) is 113 Å². The first-order valence-corrected chi connectivity index (χ1v) is 14.5. The molecule has 0 atom stereocenters. The van der Waals surface area contributed by atoms with Gasteiger partial charge in [0, 0.05) is 36.6 Å². The van der Waals surface area contributed by atoms with E-state index in [1.165, 1.54) is 25.9 Å². The topological polar surface area (TPSA) is 113 Å². The van der Waals surface area contributed by atoms with Crippen LogP contribution in [0.4, 0.5) is 22.7 Å². The van der Waals surface area contributed by atoms with Crippen molar-refractivity contribution >= 4 is 58.7 Å². The Bertz CT molecular complexity index is 1770. The van der Waals surface area contributed by atoms with Crippen LogP contribution in [0.15, 0.2) is 91.0 Å². The highest BCUT2D eigenvalue weighted by molar-refractivity contribution is 6.02. The fourth-order valence-corrected chi connectivity index (χ4v) is 4.80. The fourth-order valence-electron chi connectivity index (χ4n) is 4.80. The van der Waals surface area contributed by atoms with Gasteiger partial charge < -0.3 is 14.6 Å². The summed E-state index contributed by atoms with van der Waals surface area (Å²) in [4.78, 5) is 52.0. The number of carboxylic acids is 1. The van der Waals surface area contributed by atoms with Crippen molar-refractivity contribution in [2.75, 3.05) is 16.9 Å². The Hall–Kier alpha value is -5.70. The van der Waals surface area contributed by atoms with Gasteiger partial charge in [0.25, 0.3) is 0 Å². The summed E-state index contributed by atoms with van der Waals surface area (Å²) in [5.41, 5.74) is 3.91. The third-order valence-corrected chi connectivity index (χ3v) is 6.81. The van der Waals surface area contributed by atoms with E-state index in [4.69, 9.17) is 9.47 Å². The zero-order valence-corrected chi connectivity index (χ0v) is 26.6. The van der Waals surface area contributed by atoms with E-state index in [0.717, 1.165) is 5.56 Å². The van der Waals surface area contributed by atoms with E-state index < -0.39 is 17.5 Å². The van der Waals surface area contributed by atoms with Gasteiger partial charge in [-0.25, -0.2) is 9.59 Å². The van der Waals surface area contributed by atoms with Crippen LogP contribution in [0.5, 0.6) is 5.75 Å². The lowest BCUT2D eigenvalue weighted by atomic mass is 10.1. The maximum absolute atomic E-state index is 12.8. The van der Waals surface area contributed by atoms with Gasteiger partial charge in [0.05, 0.1) is 12.7 Å². The number of hydrogen-bond acceptors (Lipinski definition) is 6. The standard InChI is InChI=1S/C37H36N2O7/c1-24(40)38(31-18-20-32(21-19-31)39(25(2)41)30-16-12-28(13-17-30)36(44)45-6)29-14-9-26(10-15-29)7-8-27-11-22-34(46-37(3,4)5)33(23-27)35(42)43/h7-23H,1-6H3,(H,42,43)/b8-7+. The predicted octanol–water partition coefficient (Wildman–Crippen LogP) is 7.89. The lowest BCUT2D eigenvalue weighted by molar-refractivity contribution is -0.116. The number of aromatic carboxylic acids is 1. The average molecular weight is 621 g/mol. The summed E-state index contributed by atoms with van der Waals surface area (Å²) in [6.07, 6.45) is 3.67. The summed E-state index contributed by atoms with van der Waals surface area (Å²) in [5.74, 6) is -1.65. The number of esters is 1. The van der Waals surface area contributed by atoms with Gasteiger partial charge in [0.15, 0.2) is 0 Å². The van der Waals surface area contributed by atoms with Gasteiger partial charge in [-0.3, -0.25) is 19.4 Å². The molecule has 0 heterocycles. The van der Waals surface area contributed by atoms with Crippen LogP contribution in [0.25, 0.3) is 12.2 Å². The fraction of sp³-hybridized carbons (Fsp3) is 0.189. The number of rotatable bonds is 9. The van der Waals surface area contributed by atoms with Crippen LogP contribution in [-0.2, 0) is 14.3 Å². The van der Waals surface area contributed by atoms with Crippen molar-refractivity contribution < 1.29 is 33.8 Å². The van der Waals surface area contributed by atoms with Crippen molar-refractivity contribution in [3.63, 3.8) is 0 Å². The van der Waals surface area contributed by atoms with Crippen LogP contribution >= 0.6 is 0 Å². The second-order valence-electron chi connectivity index (χ2n) is 11.5. The highest BCUT2D eigenvalue weighted by Gasteiger charge is 2.20. The molecular formula is C37H36N2O7. The quantitative estimate of drug-likeness (QED) is 0.150. The maximum atomic E-state index is 12.8. The van der Waals surface area contributed by atoms with Gasteiger partial charge >= 0.3 is 11.9 Å². The normalized spacial score (nSPS) is 11.2. The maximum Gasteiger partial charge on any atom is 0.339 e. The lowest BCUT2D eigenvalue weighted by Crippen LogP contribution is -2.24. The second kappa shape index (κ2) is 13.9. The Morgan fingerprint density at radius 2 is 1.07 bits per heavy atom. The highest BCUT2D eigenvalue weighted by atomic mass is 16.5. The number of hydrogen-bond donors (Lipinski definition) is 1. The zero-order chi connectivity index (χ0) is 33.6. The first-order valence-electron chi connectivity index (χ1n) is 14.5. The molecule has 236 valence electrons. The van der Waals surface area contributed by atoms with Crippen molar-refractivity contribution in [1.29, 1.82) is 0 Å². The van der Waals surface area contributed by atoms with E-state index in [0.29, 0.717) is 39.6 Å². The molecule has 0 bridgehead atoms. The number of ether oxygens (including phenoxy) is 2. The summed E-state index contributed by atoms with van der Waals surface area (Å²) in [6.45, 7) is 8.49. The molecule has 0 aromatic heterocycles. The van der Waals surface area contributed by atoms with Gasteiger partial charge in [-0.1, -0.05) is 30.4 Å². The number of carbonyl (C=O) groups is 4. The molecule has 1 N–H and O–H groups in total. The molecular weight excluding hydrogens is 584 g/mol. The van der Waals surface area contributed by atoms with Crippen molar-refractivity contribution in [2.24, 2.45) is 0 Å². The van der Waals surface area contributed by atoms with Crippen molar-refractivity contribution in [1.82, 2.24) is 0 Å². The zero-order valence-electron chi connectivity index (χ0n) is 26.6. The highest BCUT2D eigenvalue weighted by Crippen LogP contribution is 2.32. The number of benzene rings is 4. The molecule has 0 spiro atoms. The minimum absolute atomic E-state index is 0.0819. The minimum atomic E-state index is -1.07. The molecule has 0 unspecified atom stereocenters. The van der Waals surface area contributed by atoms with Crippen LogP contribution < -0.4 is 14.5 Å². The Morgan fingerprint density at radius 1 is 0.652 bits per heavy atom. The monoisotopic (exact) mass is 620 g/mol. The van der Waals surface area contributed by atoms with E-state index in [1.54, 1.807) is 71.6 Å². The Labute approximate surface area is 268 Å². The molecule has 9 heteroatoms. The van der Waals surface area contributed by atoms with Crippen LogP contribution in [0.1, 0.15) is 66.5 Å². The summed E-state index contributed by atoms with van der Waals surface area (Å²) in [7, 11) is 1.31. The molecule has 4 aromatic carbocycles. The van der Waals surface area contributed by atoms with Crippen LogP contribution in [0.2, 0.25) is 0 Å². The number of methoxy groups -OCH3 is 1. The van der Waals surface area contributed by atoms with Crippen molar-refractivity contribution in [2.45, 2.75) is 40.2 Å². The van der Waals surface area contributed by atoms with Crippen LogP contribution in [0.3, 0.4) is 0 Å². The number of anilines is 4. The molecule has 0 fully saturated rings. The molecule has 0 aliphatic heterocycles. The summed E-state index contributed by atoms with van der Waals surface area (Å²) in [6, 6.07) is 25.9. The molecule has 0 radical (unpaired) electrons.